The number of pyridine rings is 1. The zero-order valence-electron chi connectivity index (χ0n) is 16.3. The van der Waals surface area contributed by atoms with E-state index in [-0.39, 0.29) is 29.4 Å². The number of nitrogens with one attached hydrogen (secondary N) is 2. The first kappa shape index (κ1) is 18.6. The van der Waals surface area contributed by atoms with Crippen molar-refractivity contribution in [3.63, 3.8) is 0 Å². The molecule has 6 nitrogen and oxygen atoms in total. The van der Waals surface area contributed by atoms with Crippen LogP contribution in [0.25, 0.3) is 5.52 Å². The summed E-state index contributed by atoms with van der Waals surface area (Å²) in [6, 6.07) is 9.42. The van der Waals surface area contributed by atoms with Crippen molar-refractivity contribution in [3.8, 4) is 0 Å². The summed E-state index contributed by atoms with van der Waals surface area (Å²) in [5, 5.41) is 5.78. The molecule has 3 aromatic rings. The van der Waals surface area contributed by atoms with Crippen LogP contribution in [-0.4, -0.2) is 27.2 Å². The topological polar surface area (TPSA) is 75.5 Å². The predicted molar refractivity (Wildman–Crippen MR) is 106 cm³/mol. The Bertz CT molecular complexity index is 1010. The highest BCUT2D eigenvalue weighted by Crippen LogP contribution is 2.23. The molecule has 0 saturated heterocycles. The van der Waals surface area contributed by atoms with E-state index < -0.39 is 0 Å². The number of imidazole rings is 1. The van der Waals surface area contributed by atoms with Crippen LogP contribution in [0.4, 0.5) is 5.69 Å². The summed E-state index contributed by atoms with van der Waals surface area (Å²) >= 11 is 0. The Balaban J connectivity index is 2.02. The predicted octanol–water partition coefficient (Wildman–Crippen LogP) is 3.65. The average Bonchev–Trinajstić information content (AvgIpc) is 2.97. The summed E-state index contributed by atoms with van der Waals surface area (Å²) in [7, 11) is 0. The van der Waals surface area contributed by atoms with Gasteiger partial charge in [-0.05, 0) is 57.9 Å². The summed E-state index contributed by atoms with van der Waals surface area (Å²) in [5.74, 6) is -0.468. The molecule has 0 unspecified atom stereocenters. The van der Waals surface area contributed by atoms with Crippen LogP contribution in [0.3, 0.4) is 0 Å². The minimum Gasteiger partial charge on any atom is -0.348 e. The van der Waals surface area contributed by atoms with Gasteiger partial charge < -0.3 is 10.6 Å². The second-order valence-corrected chi connectivity index (χ2v) is 7.10. The average molecular weight is 364 g/mol. The van der Waals surface area contributed by atoms with E-state index in [0.29, 0.717) is 5.52 Å². The highest BCUT2D eigenvalue weighted by molar-refractivity contribution is 6.06. The summed E-state index contributed by atoms with van der Waals surface area (Å²) < 4.78 is 1.64. The van der Waals surface area contributed by atoms with Crippen LogP contribution in [0.1, 0.15) is 51.6 Å². The molecule has 0 aliphatic carbocycles. The van der Waals surface area contributed by atoms with E-state index in [1.54, 1.807) is 22.7 Å². The van der Waals surface area contributed by atoms with E-state index in [1.165, 1.54) is 0 Å². The number of fused-ring (bicyclic) bond motifs is 1. The Labute approximate surface area is 158 Å². The molecular weight excluding hydrogens is 340 g/mol. The summed E-state index contributed by atoms with van der Waals surface area (Å²) in [6.07, 6.45) is 1.73. The second-order valence-electron chi connectivity index (χ2n) is 7.10. The summed E-state index contributed by atoms with van der Waals surface area (Å²) in [5.41, 5.74) is 4.72. The van der Waals surface area contributed by atoms with Crippen molar-refractivity contribution in [2.45, 2.75) is 40.7 Å². The van der Waals surface area contributed by atoms with Crippen LogP contribution in [0.2, 0.25) is 0 Å². The van der Waals surface area contributed by atoms with Crippen molar-refractivity contribution in [1.82, 2.24) is 14.7 Å². The molecule has 2 aromatic heterocycles. The number of carbonyl (C=O) groups excluding carboxylic acids is 2. The number of hydrogen-bond donors (Lipinski definition) is 2. The maximum absolute atomic E-state index is 12.9. The van der Waals surface area contributed by atoms with Gasteiger partial charge in [0, 0.05) is 17.9 Å². The smallest absolute Gasteiger partial charge is 0.292 e. The minimum absolute atomic E-state index is 0.0203. The molecule has 0 saturated carbocycles. The van der Waals surface area contributed by atoms with Crippen molar-refractivity contribution in [2.24, 2.45) is 0 Å². The zero-order chi connectivity index (χ0) is 19.7. The molecule has 2 N–H and O–H groups in total. The summed E-state index contributed by atoms with van der Waals surface area (Å²) in [6.45, 7) is 9.70. The molecule has 0 atom stereocenters. The molecule has 0 aliphatic heterocycles. The number of carbonyl (C=O) groups is 2. The van der Waals surface area contributed by atoms with Gasteiger partial charge in [-0.2, -0.15) is 0 Å². The summed E-state index contributed by atoms with van der Waals surface area (Å²) in [4.78, 5) is 29.8. The largest absolute Gasteiger partial charge is 0.348 e. The Morgan fingerprint density at radius 2 is 1.70 bits per heavy atom. The first-order chi connectivity index (χ1) is 12.8. The Morgan fingerprint density at radius 1 is 1.04 bits per heavy atom. The fraction of sp³-hybridized carbons (Fsp3) is 0.286. The molecule has 2 heterocycles. The van der Waals surface area contributed by atoms with Gasteiger partial charge in [0.15, 0.2) is 5.69 Å². The van der Waals surface area contributed by atoms with E-state index in [0.717, 1.165) is 22.4 Å². The lowest BCUT2D eigenvalue weighted by Gasteiger charge is -2.12. The fourth-order valence-electron chi connectivity index (χ4n) is 3.24. The first-order valence-electron chi connectivity index (χ1n) is 8.95. The number of anilines is 1. The molecule has 140 valence electrons. The van der Waals surface area contributed by atoms with Gasteiger partial charge >= 0.3 is 0 Å². The molecule has 1 aromatic carbocycles. The second kappa shape index (κ2) is 7.23. The van der Waals surface area contributed by atoms with Gasteiger partial charge in [-0.25, -0.2) is 4.98 Å². The van der Waals surface area contributed by atoms with Gasteiger partial charge in [0.05, 0.1) is 5.52 Å². The maximum atomic E-state index is 12.9. The third kappa shape index (κ3) is 3.69. The number of aryl methyl sites for hydroxylation is 3. The minimum atomic E-state index is -0.352. The number of rotatable bonds is 4. The molecule has 2 amide bonds. The number of benzene rings is 1. The third-order valence-corrected chi connectivity index (χ3v) is 4.30. The van der Waals surface area contributed by atoms with Gasteiger partial charge in [0.2, 0.25) is 5.82 Å². The third-order valence-electron chi connectivity index (χ3n) is 4.30. The zero-order valence-corrected chi connectivity index (χ0v) is 16.3. The number of nitrogens with zero attached hydrogens (tertiary/aromatic N) is 2. The van der Waals surface area contributed by atoms with E-state index in [2.05, 4.69) is 15.6 Å². The van der Waals surface area contributed by atoms with Crippen molar-refractivity contribution in [3.05, 3.63) is 64.7 Å². The SMILES string of the molecule is Cc1cc(C)c(NC(=O)c2nc(C(=O)NC(C)C)c3ccccn23)c(C)c1. The van der Waals surface area contributed by atoms with Crippen LogP contribution in [0, 0.1) is 20.8 Å². The highest BCUT2D eigenvalue weighted by Gasteiger charge is 2.22. The number of aromatic nitrogens is 2. The van der Waals surface area contributed by atoms with E-state index in [4.69, 9.17) is 0 Å². The lowest BCUT2D eigenvalue weighted by molar-refractivity contribution is 0.0940. The van der Waals surface area contributed by atoms with Crippen LogP contribution in [0.15, 0.2) is 36.5 Å². The highest BCUT2D eigenvalue weighted by atomic mass is 16.2. The lowest BCUT2D eigenvalue weighted by atomic mass is 10.1. The Morgan fingerprint density at radius 3 is 2.33 bits per heavy atom. The van der Waals surface area contributed by atoms with Crippen molar-refractivity contribution >= 4 is 23.0 Å². The molecular formula is C21H24N4O2. The Kier molecular flexibility index (Phi) is 4.99. The van der Waals surface area contributed by atoms with Crippen molar-refractivity contribution < 1.29 is 9.59 Å². The molecule has 0 aliphatic rings. The molecule has 0 bridgehead atoms. The van der Waals surface area contributed by atoms with Crippen LogP contribution >= 0.6 is 0 Å². The van der Waals surface area contributed by atoms with E-state index in [1.807, 2.05) is 52.8 Å². The number of amides is 2. The van der Waals surface area contributed by atoms with Gasteiger partial charge in [0.25, 0.3) is 11.8 Å². The standard InChI is InChI=1S/C21H24N4O2/c1-12(2)22-20(26)18-16-8-6-7-9-25(16)19(23-18)21(27)24-17-14(4)10-13(3)11-15(17)5/h6-12H,1-5H3,(H,22,26)(H,24,27). The van der Waals surface area contributed by atoms with Crippen LogP contribution < -0.4 is 10.6 Å². The molecule has 0 spiro atoms. The Hall–Kier alpha value is -3.15. The van der Waals surface area contributed by atoms with Gasteiger partial charge in [-0.1, -0.05) is 23.8 Å². The van der Waals surface area contributed by atoms with Gasteiger partial charge in [-0.15, -0.1) is 0 Å². The van der Waals surface area contributed by atoms with Crippen molar-refractivity contribution in [1.29, 1.82) is 0 Å². The molecule has 6 heteroatoms. The fourth-order valence-corrected chi connectivity index (χ4v) is 3.24. The molecule has 3 rings (SSSR count). The first-order valence-corrected chi connectivity index (χ1v) is 8.95. The quantitative estimate of drug-likeness (QED) is 0.742. The number of hydrogen-bond acceptors (Lipinski definition) is 3. The van der Waals surface area contributed by atoms with Gasteiger partial charge in [-0.3, -0.25) is 14.0 Å². The normalized spacial score (nSPS) is 11.0. The molecule has 0 fully saturated rings. The van der Waals surface area contributed by atoms with Crippen LogP contribution in [-0.2, 0) is 0 Å². The maximum Gasteiger partial charge on any atom is 0.292 e. The van der Waals surface area contributed by atoms with Crippen LogP contribution in [0.5, 0.6) is 0 Å². The monoisotopic (exact) mass is 364 g/mol. The van der Waals surface area contributed by atoms with Gasteiger partial charge in [0.1, 0.15) is 0 Å². The molecule has 27 heavy (non-hydrogen) atoms. The van der Waals surface area contributed by atoms with E-state index >= 15 is 0 Å². The van der Waals surface area contributed by atoms with E-state index in [9.17, 15) is 9.59 Å². The molecule has 0 radical (unpaired) electrons. The lowest BCUT2D eigenvalue weighted by Crippen LogP contribution is -2.30. The van der Waals surface area contributed by atoms with Crippen molar-refractivity contribution in [2.75, 3.05) is 5.32 Å².